The number of amides is 2. The third-order valence-electron chi connectivity index (χ3n) is 5.97. The Hall–Kier alpha value is -3.74. The lowest BCUT2D eigenvalue weighted by Crippen LogP contribution is -2.49. The minimum Gasteiger partial charge on any atom is -0.444 e. The quantitative estimate of drug-likeness (QED) is 0.301. The number of alkyl carbamates (subject to hydrolysis) is 1. The monoisotopic (exact) mass is 474 g/mol. The zero-order valence-corrected chi connectivity index (χ0v) is 21.0. The molecule has 2 amide bonds. The van der Waals surface area contributed by atoms with Gasteiger partial charge in [-0.15, -0.1) is 0 Å². The van der Waals surface area contributed by atoms with Gasteiger partial charge in [-0.1, -0.05) is 23.3 Å². The third kappa shape index (κ3) is 6.04. The standard InChI is InChI=1S/C28H34N4O3/c1-17-6-8-23-21(12-17)19(15-30-23)10-11-29-26(33)25(32-27(34)35-28(3,4)5)14-20-16-31-24-9-7-18(2)13-22(20)24/h6-9,12-13,15-16,25,30-31H,10-11,14H2,1-5H3,(H,29,33)(H,32,34)/t25-/m0/s1. The lowest BCUT2D eigenvalue weighted by molar-refractivity contribution is -0.123. The number of carbonyl (C=O) groups is 2. The maximum Gasteiger partial charge on any atom is 0.408 e. The minimum absolute atomic E-state index is 0.242. The number of ether oxygens (including phenoxy) is 1. The highest BCUT2D eigenvalue weighted by Gasteiger charge is 2.25. The summed E-state index contributed by atoms with van der Waals surface area (Å²) in [7, 11) is 0. The Labute approximate surface area is 205 Å². The van der Waals surface area contributed by atoms with Crippen LogP contribution in [0.4, 0.5) is 4.79 Å². The van der Waals surface area contributed by atoms with Gasteiger partial charge in [-0.25, -0.2) is 4.79 Å². The SMILES string of the molecule is Cc1ccc2[nH]cc(CCNC(=O)[C@H](Cc3c[nH]c4ccc(C)cc34)NC(=O)OC(C)(C)C)c2c1. The van der Waals surface area contributed by atoms with Gasteiger partial charge in [-0.3, -0.25) is 4.79 Å². The predicted molar refractivity (Wildman–Crippen MR) is 140 cm³/mol. The van der Waals surface area contributed by atoms with Crippen LogP contribution in [0.15, 0.2) is 48.8 Å². The Morgan fingerprint density at radius 1 is 0.914 bits per heavy atom. The molecular weight excluding hydrogens is 440 g/mol. The van der Waals surface area contributed by atoms with Crippen molar-refractivity contribution in [3.63, 3.8) is 0 Å². The molecule has 4 rings (SSSR count). The Kier molecular flexibility index (Phi) is 6.87. The van der Waals surface area contributed by atoms with Gasteiger partial charge >= 0.3 is 6.09 Å². The van der Waals surface area contributed by atoms with Gasteiger partial charge in [0.05, 0.1) is 0 Å². The zero-order valence-electron chi connectivity index (χ0n) is 21.0. The molecule has 7 heteroatoms. The first-order chi connectivity index (χ1) is 16.6. The van der Waals surface area contributed by atoms with Crippen LogP contribution < -0.4 is 10.6 Å². The van der Waals surface area contributed by atoms with Crippen molar-refractivity contribution in [3.8, 4) is 0 Å². The highest BCUT2D eigenvalue weighted by atomic mass is 16.6. The molecule has 1 atom stereocenters. The molecule has 0 aliphatic heterocycles. The molecule has 0 bridgehead atoms. The van der Waals surface area contributed by atoms with Crippen molar-refractivity contribution < 1.29 is 14.3 Å². The molecule has 35 heavy (non-hydrogen) atoms. The van der Waals surface area contributed by atoms with Crippen molar-refractivity contribution in [1.29, 1.82) is 0 Å². The van der Waals surface area contributed by atoms with E-state index in [0.29, 0.717) is 19.4 Å². The highest BCUT2D eigenvalue weighted by molar-refractivity contribution is 5.89. The number of aromatic nitrogens is 2. The van der Waals surface area contributed by atoms with Gasteiger partial charge in [-0.2, -0.15) is 0 Å². The van der Waals surface area contributed by atoms with Crippen molar-refractivity contribution in [3.05, 3.63) is 71.0 Å². The molecule has 2 aromatic carbocycles. The fourth-order valence-electron chi connectivity index (χ4n) is 4.28. The van der Waals surface area contributed by atoms with Gasteiger partial charge in [0.2, 0.25) is 5.91 Å². The molecule has 0 radical (unpaired) electrons. The lowest BCUT2D eigenvalue weighted by Gasteiger charge is -2.23. The normalized spacial score (nSPS) is 12.6. The van der Waals surface area contributed by atoms with Crippen LogP contribution in [0.1, 0.15) is 43.0 Å². The number of aryl methyl sites for hydroxylation is 2. The number of hydrogen-bond donors (Lipinski definition) is 4. The van der Waals surface area contributed by atoms with E-state index >= 15 is 0 Å². The number of aromatic amines is 2. The van der Waals surface area contributed by atoms with Gasteiger partial charge in [-0.05, 0) is 76.4 Å². The van der Waals surface area contributed by atoms with Crippen molar-refractivity contribution in [2.45, 2.75) is 59.1 Å². The van der Waals surface area contributed by atoms with E-state index < -0.39 is 17.7 Å². The lowest BCUT2D eigenvalue weighted by atomic mass is 10.0. The van der Waals surface area contributed by atoms with Crippen LogP contribution >= 0.6 is 0 Å². The minimum atomic E-state index is -0.769. The zero-order chi connectivity index (χ0) is 25.2. The molecule has 0 aliphatic carbocycles. The van der Waals surface area contributed by atoms with Crippen molar-refractivity contribution in [2.24, 2.45) is 0 Å². The summed E-state index contributed by atoms with van der Waals surface area (Å²) >= 11 is 0. The molecule has 7 nitrogen and oxygen atoms in total. The molecule has 0 aliphatic rings. The van der Waals surface area contributed by atoms with Crippen LogP contribution in [0.5, 0.6) is 0 Å². The summed E-state index contributed by atoms with van der Waals surface area (Å²) in [6.07, 6.45) is 4.30. The van der Waals surface area contributed by atoms with Crippen LogP contribution in [-0.2, 0) is 22.4 Å². The average Bonchev–Trinajstić information content (AvgIpc) is 3.35. The molecule has 0 fully saturated rings. The van der Waals surface area contributed by atoms with Crippen LogP contribution in [0, 0.1) is 13.8 Å². The Morgan fingerprint density at radius 2 is 1.49 bits per heavy atom. The summed E-state index contributed by atoms with van der Waals surface area (Å²) in [6, 6.07) is 11.7. The second-order valence-corrected chi connectivity index (χ2v) is 10.2. The number of carbonyl (C=O) groups excluding carboxylic acids is 2. The van der Waals surface area contributed by atoms with Gasteiger partial charge in [0, 0.05) is 47.2 Å². The number of rotatable bonds is 7. The summed E-state index contributed by atoms with van der Waals surface area (Å²) in [6.45, 7) is 9.95. The first-order valence-corrected chi connectivity index (χ1v) is 12.0. The summed E-state index contributed by atoms with van der Waals surface area (Å²) in [5, 5.41) is 7.99. The number of benzene rings is 2. The van der Waals surface area contributed by atoms with Crippen molar-refractivity contribution in [1.82, 2.24) is 20.6 Å². The van der Waals surface area contributed by atoms with Gasteiger partial charge < -0.3 is 25.3 Å². The van der Waals surface area contributed by atoms with E-state index in [1.807, 2.05) is 31.5 Å². The van der Waals surface area contributed by atoms with E-state index in [1.165, 1.54) is 5.56 Å². The van der Waals surface area contributed by atoms with Crippen LogP contribution in [0.25, 0.3) is 21.8 Å². The first-order valence-electron chi connectivity index (χ1n) is 12.0. The van der Waals surface area contributed by atoms with E-state index in [0.717, 1.165) is 38.5 Å². The largest absolute Gasteiger partial charge is 0.444 e. The van der Waals surface area contributed by atoms with Crippen molar-refractivity contribution >= 4 is 33.8 Å². The Morgan fingerprint density at radius 3 is 2.09 bits per heavy atom. The highest BCUT2D eigenvalue weighted by Crippen LogP contribution is 2.22. The molecule has 2 heterocycles. The van der Waals surface area contributed by atoms with Crippen LogP contribution in [0.3, 0.4) is 0 Å². The van der Waals surface area contributed by atoms with Crippen LogP contribution in [0.2, 0.25) is 0 Å². The van der Waals surface area contributed by atoms with Crippen LogP contribution in [-0.4, -0.2) is 40.2 Å². The molecule has 4 aromatic rings. The van der Waals surface area contributed by atoms with E-state index in [9.17, 15) is 9.59 Å². The first kappa shape index (κ1) is 24.4. The fourth-order valence-corrected chi connectivity index (χ4v) is 4.28. The number of hydrogen-bond acceptors (Lipinski definition) is 3. The summed E-state index contributed by atoms with van der Waals surface area (Å²) in [5.74, 6) is -0.242. The maximum atomic E-state index is 13.2. The summed E-state index contributed by atoms with van der Waals surface area (Å²) in [5.41, 5.74) is 5.86. The molecular formula is C28H34N4O3. The molecule has 0 unspecified atom stereocenters. The molecule has 184 valence electrons. The van der Waals surface area contributed by atoms with E-state index in [1.54, 1.807) is 20.8 Å². The summed E-state index contributed by atoms with van der Waals surface area (Å²) in [4.78, 5) is 32.3. The second-order valence-electron chi connectivity index (χ2n) is 10.2. The third-order valence-corrected chi connectivity index (χ3v) is 5.97. The molecule has 0 saturated heterocycles. The predicted octanol–water partition coefficient (Wildman–Crippen LogP) is 5.06. The van der Waals surface area contributed by atoms with E-state index in [4.69, 9.17) is 4.74 Å². The van der Waals surface area contributed by atoms with Gasteiger partial charge in [0.25, 0.3) is 0 Å². The van der Waals surface area contributed by atoms with E-state index in [2.05, 4.69) is 51.8 Å². The van der Waals surface area contributed by atoms with Gasteiger partial charge in [0.1, 0.15) is 11.6 Å². The second kappa shape index (κ2) is 9.86. The van der Waals surface area contributed by atoms with Crippen molar-refractivity contribution in [2.75, 3.05) is 6.54 Å². The molecule has 0 saturated carbocycles. The number of fused-ring (bicyclic) bond motifs is 2. The summed E-state index contributed by atoms with van der Waals surface area (Å²) < 4.78 is 5.42. The van der Waals surface area contributed by atoms with Gasteiger partial charge in [0.15, 0.2) is 0 Å². The Bertz CT molecular complexity index is 1360. The molecule has 2 aromatic heterocycles. The average molecular weight is 475 g/mol. The molecule has 0 spiro atoms. The number of H-pyrrole nitrogens is 2. The smallest absolute Gasteiger partial charge is 0.408 e. The van der Waals surface area contributed by atoms with E-state index in [-0.39, 0.29) is 5.91 Å². The number of nitrogens with one attached hydrogen (secondary N) is 4. The Balaban J connectivity index is 1.48. The fraction of sp³-hybridized carbons (Fsp3) is 0.357. The maximum absolute atomic E-state index is 13.2. The molecule has 4 N–H and O–H groups in total. The topological polar surface area (TPSA) is 99.0 Å².